The van der Waals surface area contributed by atoms with Crippen molar-refractivity contribution in [1.82, 2.24) is 0 Å². The number of carbonyl (C=O) groups excluding carboxylic acids is 3. The van der Waals surface area contributed by atoms with Gasteiger partial charge in [0.25, 0.3) is 5.91 Å². The molecule has 1 atom stereocenters. The number of nitrogens with zero attached hydrogens (tertiary/aromatic N) is 1. The lowest BCUT2D eigenvalue weighted by Gasteiger charge is -2.27. The number of rotatable bonds is 6. The highest BCUT2D eigenvalue weighted by Crippen LogP contribution is 2.42. The van der Waals surface area contributed by atoms with Crippen LogP contribution in [-0.2, 0) is 14.4 Å². The van der Waals surface area contributed by atoms with Crippen LogP contribution < -0.4 is 15.0 Å². The Hall–Kier alpha value is -3.61. The summed E-state index contributed by atoms with van der Waals surface area (Å²) in [6.45, 7) is 3.06. The third-order valence-corrected chi connectivity index (χ3v) is 4.68. The second-order valence-corrected chi connectivity index (χ2v) is 6.62. The maximum atomic E-state index is 13.0. The van der Waals surface area contributed by atoms with Crippen molar-refractivity contribution in [2.24, 2.45) is 0 Å². The van der Waals surface area contributed by atoms with Crippen molar-refractivity contribution >= 4 is 29.0 Å². The molecule has 1 unspecified atom stereocenters. The van der Waals surface area contributed by atoms with Crippen LogP contribution in [0.25, 0.3) is 0 Å². The molecular weight excluding hydrogens is 372 g/mol. The molecule has 0 saturated heterocycles. The number of methoxy groups -OCH3 is 1. The molecule has 0 aromatic heterocycles. The fourth-order valence-electron chi connectivity index (χ4n) is 3.41. The van der Waals surface area contributed by atoms with E-state index < -0.39 is 17.7 Å². The summed E-state index contributed by atoms with van der Waals surface area (Å²) in [6.07, 6.45) is 0.146. The number of aliphatic hydroxyl groups excluding tert-OH is 1. The quantitative estimate of drug-likeness (QED) is 0.781. The number of aliphatic hydroxyl groups is 1. The first-order valence-corrected chi connectivity index (χ1v) is 9.18. The molecule has 0 saturated carbocycles. The minimum Gasteiger partial charge on any atom is -0.503 e. The van der Waals surface area contributed by atoms with Gasteiger partial charge < -0.3 is 15.2 Å². The number of hydrogen-bond acceptors (Lipinski definition) is 5. The van der Waals surface area contributed by atoms with Gasteiger partial charge in [0.05, 0.1) is 18.7 Å². The fourth-order valence-corrected chi connectivity index (χ4v) is 3.41. The summed E-state index contributed by atoms with van der Waals surface area (Å²) >= 11 is 0. The first kappa shape index (κ1) is 20.1. The smallest absolute Gasteiger partial charge is 0.294 e. The van der Waals surface area contributed by atoms with E-state index >= 15 is 0 Å². The lowest BCUT2D eigenvalue weighted by molar-refractivity contribution is -0.118. The summed E-state index contributed by atoms with van der Waals surface area (Å²) in [5.74, 6) is -1.23. The topological polar surface area (TPSA) is 95.9 Å². The normalized spacial score (nSPS) is 16.2. The summed E-state index contributed by atoms with van der Waals surface area (Å²) in [5, 5.41) is 13.2. The van der Waals surface area contributed by atoms with Crippen molar-refractivity contribution in [2.75, 3.05) is 17.3 Å². The maximum absolute atomic E-state index is 13.0. The van der Waals surface area contributed by atoms with E-state index in [1.54, 1.807) is 55.5 Å². The average Bonchev–Trinajstić information content (AvgIpc) is 2.98. The summed E-state index contributed by atoms with van der Waals surface area (Å²) in [6, 6.07) is 12.9. The highest BCUT2D eigenvalue weighted by atomic mass is 16.5. The first-order valence-electron chi connectivity index (χ1n) is 9.18. The van der Waals surface area contributed by atoms with Crippen molar-refractivity contribution in [2.45, 2.75) is 26.3 Å². The molecule has 1 heterocycles. The van der Waals surface area contributed by atoms with Crippen molar-refractivity contribution in [3.05, 3.63) is 65.4 Å². The Balaban J connectivity index is 2.15. The lowest BCUT2D eigenvalue weighted by Crippen LogP contribution is -2.31. The molecule has 150 valence electrons. The van der Waals surface area contributed by atoms with Crippen molar-refractivity contribution in [1.29, 1.82) is 0 Å². The van der Waals surface area contributed by atoms with E-state index in [-0.39, 0.29) is 23.7 Å². The predicted molar refractivity (Wildman–Crippen MR) is 109 cm³/mol. The van der Waals surface area contributed by atoms with E-state index in [1.165, 1.54) is 18.9 Å². The Bertz CT molecular complexity index is 1010. The van der Waals surface area contributed by atoms with Crippen LogP contribution >= 0.6 is 0 Å². The number of amides is 2. The molecule has 3 rings (SSSR count). The van der Waals surface area contributed by atoms with Crippen LogP contribution in [0.1, 0.15) is 31.9 Å². The lowest BCUT2D eigenvalue weighted by atomic mass is 9.94. The van der Waals surface area contributed by atoms with Gasteiger partial charge in [0.15, 0.2) is 11.5 Å². The van der Waals surface area contributed by atoms with E-state index in [4.69, 9.17) is 4.74 Å². The molecule has 7 heteroatoms. The predicted octanol–water partition coefficient (Wildman–Crippen LogP) is 3.53. The van der Waals surface area contributed by atoms with Crippen molar-refractivity contribution in [3.8, 4) is 5.75 Å². The zero-order valence-electron chi connectivity index (χ0n) is 16.4. The average molecular weight is 394 g/mol. The number of carbonyl (C=O) groups is 3. The molecule has 0 fully saturated rings. The van der Waals surface area contributed by atoms with Gasteiger partial charge in [-0.2, -0.15) is 0 Å². The van der Waals surface area contributed by atoms with E-state index in [0.29, 0.717) is 22.7 Å². The second kappa shape index (κ2) is 8.18. The number of nitrogens with one attached hydrogen (secondary N) is 1. The van der Waals surface area contributed by atoms with E-state index in [0.717, 1.165) is 0 Å². The van der Waals surface area contributed by atoms with Gasteiger partial charge in [0.1, 0.15) is 5.75 Å². The van der Waals surface area contributed by atoms with Crippen LogP contribution in [0.4, 0.5) is 11.4 Å². The van der Waals surface area contributed by atoms with Crippen LogP contribution in [0.3, 0.4) is 0 Å². The molecule has 0 bridgehead atoms. The highest BCUT2D eigenvalue weighted by Gasteiger charge is 2.44. The minimum absolute atomic E-state index is 0.0516. The van der Waals surface area contributed by atoms with Crippen LogP contribution in [0.2, 0.25) is 0 Å². The number of ether oxygens (including phenoxy) is 1. The summed E-state index contributed by atoms with van der Waals surface area (Å²) in [4.78, 5) is 38.3. The number of benzene rings is 2. The molecule has 29 heavy (non-hydrogen) atoms. The Morgan fingerprint density at radius 3 is 2.55 bits per heavy atom. The van der Waals surface area contributed by atoms with Gasteiger partial charge in [0.2, 0.25) is 5.91 Å². The summed E-state index contributed by atoms with van der Waals surface area (Å²) in [7, 11) is 1.53. The van der Waals surface area contributed by atoms with E-state index in [1.807, 2.05) is 0 Å². The molecule has 2 amide bonds. The molecule has 0 spiro atoms. The van der Waals surface area contributed by atoms with Gasteiger partial charge in [-0.3, -0.25) is 19.3 Å². The number of ketones is 1. The summed E-state index contributed by atoms with van der Waals surface area (Å²) < 4.78 is 5.28. The maximum Gasteiger partial charge on any atom is 0.294 e. The van der Waals surface area contributed by atoms with Gasteiger partial charge in [-0.05, 0) is 35.9 Å². The molecule has 2 aromatic rings. The largest absolute Gasteiger partial charge is 0.503 e. The van der Waals surface area contributed by atoms with E-state index in [2.05, 4.69) is 5.32 Å². The summed E-state index contributed by atoms with van der Waals surface area (Å²) in [5.41, 5.74) is 1.63. The van der Waals surface area contributed by atoms with Gasteiger partial charge >= 0.3 is 0 Å². The highest BCUT2D eigenvalue weighted by molar-refractivity contribution is 6.16. The molecule has 2 N–H and O–H groups in total. The number of anilines is 2. The Labute approximate surface area is 168 Å². The molecule has 0 radical (unpaired) electrons. The Morgan fingerprint density at radius 2 is 1.90 bits per heavy atom. The fraction of sp³-hybridized carbons (Fsp3) is 0.227. The molecule has 1 aliphatic rings. The van der Waals surface area contributed by atoms with E-state index in [9.17, 15) is 19.5 Å². The second-order valence-electron chi connectivity index (χ2n) is 6.62. The standard InChI is InChI=1S/C22H22N2O5/c1-4-18(26)19-20(14-7-5-10-17(11-14)29-3)24(22(28)21(19)27)16-9-6-8-15(12-16)23-13(2)25/h5-12,20,27H,4H2,1-3H3,(H,23,25). The van der Waals surface area contributed by atoms with Crippen molar-refractivity contribution in [3.63, 3.8) is 0 Å². The van der Waals surface area contributed by atoms with Crippen LogP contribution in [-0.4, -0.2) is 29.8 Å². The first-order chi connectivity index (χ1) is 13.9. The van der Waals surface area contributed by atoms with Crippen LogP contribution in [0.5, 0.6) is 5.75 Å². The molecule has 0 aliphatic carbocycles. The molecule has 1 aliphatic heterocycles. The third kappa shape index (κ3) is 3.85. The zero-order chi connectivity index (χ0) is 21.1. The SMILES string of the molecule is CCC(=O)C1=C(O)C(=O)N(c2cccc(NC(C)=O)c2)C1c1cccc(OC)c1. The zero-order valence-corrected chi connectivity index (χ0v) is 16.4. The van der Waals surface area contributed by atoms with Crippen molar-refractivity contribution < 1.29 is 24.2 Å². The van der Waals surface area contributed by atoms with Gasteiger partial charge in [-0.1, -0.05) is 25.1 Å². The van der Waals surface area contributed by atoms with Crippen LogP contribution in [0.15, 0.2) is 59.9 Å². The third-order valence-electron chi connectivity index (χ3n) is 4.68. The molecule has 7 nitrogen and oxygen atoms in total. The molecule has 2 aromatic carbocycles. The van der Waals surface area contributed by atoms with Gasteiger partial charge in [0, 0.05) is 24.7 Å². The number of Topliss-reactive ketones (excluding diaryl/α,β-unsaturated/α-hetero) is 1. The number of hydrogen-bond donors (Lipinski definition) is 2. The molecular formula is C22H22N2O5. The Kier molecular flexibility index (Phi) is 5.68. The monoisotopic (exact) mass is 394 g/mol. The van der Waals surface area contributed by atoms with Gasteiger partial charge in [-0.25, -0.2) is 0 Å². The Morgan fingerprint density at radius 1 is 1.17 bits per heavy atom. The van der Waals surface area contributed by atoms with Crippen LogP contribution in [0, 0.1) is 0 Å². The minimum atomic E-state index is -0.808. The van der Waals surface area contributed by atoms with Gasteiger partial charge in [-0.15, -0.1) is 0 Å².